The van der Waals surface area contributed by atoms with Crippen LogP contribution in [0.5, 0.6) is 0 Å². The number of likely N-dealkylation sites (N-methyl/N-ethyl adjacent to an activating group) is 1. The highest BCUT2D eigenvalue weighted by Gasteiger charge is 2.25. The van der Waals surface area contributed by atoms with Crippen LogP contribution in [0.15, 0.2) is 45.9 Å². The predicted molar refractivity (Wildman–Crippen MR) is 96.6 cm³/mol. The molecular formula is C15H15BrClN3O3S. The fourth-order valence-electron chi connectivity index (χ4n) is 1.93. The normalized spacial score (nSPS) is 11.5. The second-order valence-corrected chi connectivity index (χ2v) is 8.44. The average Bonchev–Trinajstić information content (AvgIpc) is 2.46. The lowest BCUT2D eigenvalue weighted by Crippen LogP contribution is -2.35. The van der Waals surface area contributed by atoms with E-state index in [1.165, 1.54) is 19.2 Å². The number of benzene rings is 1. The van der Waals surface area contributed by atoms with Gasteiger partial charge < -0.3 is 5.32 Å². The van der Waals surface area contributed by atoms with Gasteiger partial charge in [0, 0.05) is 17.7 Å². The Kier molecular flexibility index (Phi) is 5.97. The standard InChI is InChI=1S/C15H15BrClN3O3S/c1-10-5-6-18-14(7-10)19-15(21)9-20(2)24(22,23)13-4-3-11(16)8-12(13)17/h3-8H,9H2,1-2H3,(H,18,19,21). The van der Waals surface area contributed by atoms with E-state index in [9.17, 15) is 13.2 Å². The van der Waals surface area contributed by atoms with Gasteiger partial charge in [0.25, 0.3) is 0 Å². The van der Waals surface area contributed by atoms with Gasteiger partial charge in [0.05, 0.1) is 11.6 Å². The molecule has 0 radical (unpaired) electrons. The van der Waals surface area contributed by atoms with Crippen molar-refractivity contribution in [2.45, 2.75) is 11.8 Å². The summed E-state index contributed by atoms with van der Waals surface area (Å²) in [6.45, 7) is 1.51. The van der Waals surface area contributed by atoms with E-state index in [4.69, 9.17) is 11.6 Å². The van der Waals surface area contributed by atoms with Gasteiger partial charge in [0.2, 0.25) is 15.9 Å². The molecule has 1 amide bonds. The van der Waals surface area contributed by atoms with Gasteiger partial charge in [-0.1, -0.05) is 27.5 Å². The largest absolute Gasteiger partial charge is 0.310 e. The highest BCUT2D eigenvalue weighted by atomic mass is 79.9. The number of carbonyl (C=O) groups is 1. The predicted octanol–water partition coefficient (Wildman–Crippen LogP) is 3.07. The molecule has 9 heteroatoms. The Morgan fingerprint density at radius 3 is 2.67 bits per heavy atom. The number of halogens is 2. The van der Waals surface area contributed by atoms with E-state index in [-0.39, 0.29) is 16.5 Å². The average molecular weight is 433 g/mol. The Balaban J connectivity index is 2.12. The first kappa shape index (κ1) is 18.9. The van der Waals surface area contributed by atoms with E-state index in [0.717, 1.165) is 9.87 Å². The van der Waals surface area contributed by atoms with E-state index < -0.39 is 15.9 Å². The summed E-state index contributed by atoms with van der Waals surface area (Å²) in [5, 5.41) is 2.64. The number of hydrogen-bond donors (Lipinski definition) is 1. The summed E-state index contributed by atoms with van der Waals surface area (Å²) < 4.78 is 26.7. The summed E-state index contributed by atoms with van der Waals surface area (Å²) in [5.41, 5.74) is 0.933. The molecule has 0 unspecified atom stereocenters. The van der Waals surface area contributed by atoms with Gasteiger partial charge in [-0.25, -0.2) is 13.4 Å². The van der Waals surface area contributed by atoms with Gasteiger partial charge in [0.1, 0.15) is 10.7 Å². The molecule has 0 aliphatic heterocycles. The third-order valence-electron chi connectivity index (χ3n) is 3.13. The van der Waals surface area contributed by atoms with Crippen LogP contribution in [0.25, 0.3) is 0 Å². The molecule has 1 aromatic carbocycles. The van der Waals surface area contributed by atoms with Crippen LogP contribution in [-0.4, -0.2) is 37.2 Å². The zero-order valence-corrected chi connectivity index (χ0v) is 16.1. The summed E-state index contributed by atoms with van der Waals surface area (Å²) in [6, 6.07) is 7.93. The molecule has 0 saturated heterocycles. The molecule has 128 valence electrons. The van der Waals surface area contributed by atoms with E-state index >= 15 is 0 Å². The number of rotatable bonds is 5. The Morgan fingerprint density at radius 1 is 1.33 bits per heavy atom. The van der Waals surface area contributed by atoms with E-state index in [1.54, 1.807) is 24.4 Å². The molecule has 0 bridgehead atoms. The fraction of sp³-hybridized carbons (Fsp3) is 0.200. The van der Waals surface area contributed by atoms with Crippen molar-refractivity contribution in [3.05, 3.63) is 51.6 Å². The smallest absolute Gasteiger partial charge is 0.244 e. The van der Waals surface area contributed by atoms with Crippen molar-refractivity contribution in [3.63, 3.8) is 0 Å². The minimum absolute atomic E-state index is 0.0589. The van der Waals surface area contributed by atoms with Crippen molar-refractivity contribution in [2.24, 2.45) is 0 Å². The number of anilines is 1. The molecule has 0 aliphatic rings. The number of hydrogen-bond acceptors (Lipinski definition) is 4. The number of pyridine rings is 1. The summed E-state index contributed by atoms with van der Waals surface area (Å²) in [4.78, 5) is 16.0. The summed E-state index contributed by atoms with van der Waals surface area (Å²) in [5.74, 6) is -0.125. The molecule has 2 rings (SSSR count). The van der Waals surface area contributed by atoms with Crippen molar-refractivity contribution >= 4 is 49.3 Å². The highest BCUT2D eigenvalue weighted by Crippen LogP contribution is 2.27. The maximum atomic E-state index is 12.5. The first-order chi connectivity index (χ1) is 11.2. The van der Waals surface area contributed by atoms with Crippen molar-refractivity contribution < 1.29 is 13.2 Å². The topological polar surface area (TPSA) is 79.4 Å². The van der Waals surface area contributed by atoms with Crippen LogP contribution in [0.1, 0.15) is 5.56 Å². The Bertz CT molecular complexity index is 874. The van der Waals surface area contributed by atoms with Crippen LogP contribution in [0.2, 0.25) is 5.02 Å². The third-order valence-corrected chi connectivity index (χ3v) is 5.91. The quantitative estimate of drug-likeness (QED) is 0.787. The zero-order chi connectivity index (χ0) is 17.9. The van der Waals surface area contributed by atoms with Crippen molar-refractivity contribution in [2.75, 3.05) is 18.9 Å². The Labute approximate surface area is 154 Å². The Morgan fingerprint density at radius 2 is 2.04 bits per heavy atom. The van der Waals surface area contributed by atoms with E-state index in [0.29, 0.717) is 10.3 Å². The van der Waals surface area contributed by atoms with Crippen LogP contribution in [0.4, 0.5) is 5.82 Å². The minimum atomic E-state index is -3.88. The summed E-state index contributed by atoms with van der Waals surface area (Å²) in [6.07, 6.45) is 1.56. The fourth-order valence-corrected chi connectivity index (χ4v) is 4.06. The molecule has 0 spiro atoms. The molecule has 0 fully saturated rings. The number of nitrogens with zero attached hydrogens (tertiary/aromatic N) is 2. The number of nitrogens with one attached hydrogen (secondary N) is 1. The molecule has 0 saturated carbocycles. The van der Waals surface area contributed by atoms with Crippen molar-refractivity contribution in [3.8, 4) is 0 Å². The first-order valence-corrected chi connectivity index (χ1v) is 9.45. The van der Waals surface area contributed by atoms with Crippen molar-refractivity contribution in [1.29, 1.82) is 0 Å². The van der Waals surface area contributed by atoms with Crippen LogP contribution >= 0.6 is 27.5 Å². The van der Waals surface area contributed by atoms with Gasteiger partial charge in [-0.2, -0.15) is 4.31 Å². The lowest BCUT2D eigenvalue weighted by Gasteiger charge is -2.17. The first-order valence-electron chi connectivity index (χ1n) is 6.84. The molecule has 0 atom stereocenters. The zero-order valence-electron chi connectivity index (χ0n) is 13.0. The van der Waals surface area contributed by atoms with Gasteiger partial charge in [-0.05, 0) is 42.8 Å². The Hall–Kier alpha value is -1.48. The van der Waals surface area contributed by atoms with Gasteiger partial charge in [0.15, 0.2) is 0 Å². The van der Waals surface area contributed by atoms with Crippen LogP contribution in [0.3, 0.4) is 0 Å². The number of aromatic nitrogens is 1. The third kappa shape index (κ3) is 4.54. The molecule has 2 aromatic rings. The molecule has 6 nitrogen and oxygen atoms in total. The summed E-state index contributed by atoms with van der Waals surface area (Å²) in [7, 11) is -2.57. The summed E-state index contributed by atoms with van der Waals surface area (Å²) >= 11 is 9.21. The second-order valence-electron chi connectivity index (χ2n) is 5.10. The maximum Gasteiger partial charge on any atom is 0.244 e. The molecule has 24 heavy (non-hydrogen) atoms. The second kappa shape index (κ2) is 7.60. The number of amides is 1. The highest BCUT2D eigenvalue weighted by molar-refractivity contribution is 9.10. The van der Waals surface area contributed by atoms with Gasteiger partial charge in [-0.15, -0.1) is 0 Å². The molecule has 1 heterocycles. The minimum Gasteiger partial charge on any atom is -0.310 e. The number of aryl methyl sites for hydroxylation is 1. The molecule has 1 aromatic heterocycles. The number of sulfonamides is 1. The number of carbonyl (C=O) groups excluding carboxylic acids is 1. The van der Waals surface area contributed by atoms with E-state index in [1.807, 2.05) is 6.92 Å². The monoisotopic (exact) mass is 431 g/mol. The van der Waals surface area contributed by atoms with Crippen LogP contribution in [-0.2, 0) is 14.8 Å². The van der Waals surface area contributed by atoms with Gasteiger partial charge >= 0.3 is 0 Å². The van der Waals surface area contributed by atoms with E-state index in [2.05, 4.69) is 26.2 Å². The molecule has 1 N–H and O–H groups in total. The van der Waals surface area contributed by atoms with Crippen molar-refractivity contribution in [1.82, 2.24) is 9.29 Å². The van der Waals surface area contributed by atoms with Crippen LogP contribution < -0.4 is 5.32 Å². The van der Waals surface area contributed by atoms with Crippen LogP contribution in [0, 0.1) is 6.92 Å². The SMILES string of the molecule is Cc1ccnc(NC(=O)CN(C)S(=O)(=O)c2ccc(Br)cc2Cl)c1. The van der Waals surface area contributed by atoms with Gasteiger partial charge in [-0.3, -0.25) is 4.79 Å². The lowest BCUT2D eigenvalue weighted by molar-refractivity contribution is -0.116. The maximum absolute atomic E-state index is 12.5. The molecular weight excluding hydrogens is 418 g/mol. The molecule has 0 aliphatic carbocycles. The lowest BCUT2D eigenvalue weighted by atomic mass is 10.3.